The second-order valence-corrected chi connectivity index (χ2v) is 5.61. The Morgan fingerprint density at radius 1 is 0.957 bits per heavy atom. The molecule has 0 amide bonds. The standard InChI is InChI=1S/C18H14N2O3/c21-12-5-6-13-14(9-12)18(19-23)17(22)10-16(13)20-8-7-11-3-1-2-4-15(11)20/h1-6,9-10,21-22H,7-8H2. The Morgan fingerprint density at radius 2 is 1.78 bits per heavy atom. The van der Waals surface area contributed by atoms with Crippen molar-refractivity contribution in [2.45, 2.75) is 6.42 Å². The highest BCUT2D eigenvalue weighted by atomic mass is 16.3. The van der Waals surface area contributed by atoms with Crippen molar-refractivity contribution in [1.82, 2.24) is 0 Å². The van der Waals surface area contributed by atoms with Crippen molar-refractivity contribution in [2.75, 3.05) is 11.4 Å². The van der Waals surface area contributed by atoms with Gasteiger partial charge in [0.15, 0.2) is 5.69 Å². The summed E-state index contributed by atoms with van der Waals surface area (Å²) in [6.07, 6.45) is 0.921. The first-order chi connectivity index (χ1) is 11.2. The molecule has 0 spiro atoms. The van der Waals surface area contributed by atoms with E-state index >= 15 is 0 Å². The van der Waals surface area contributed by atoms with E-state index in [9.17, 15) is 15.1 Å². The van der Waals surface area contributed by atoms with Crippen LogP contribution in [0.25, 0.3) is 10.8 Å². The number of nitrogens with zero attached hydrogens (tertiary/aromatic N) is 2. The Labute approximate surface area is 132 Å². The third-order valence-corrected chi connectivity index (χ3v) is 4.32. The molecule has 5 nitrogen and oxygen atoms in total. The van der Waals surface area contributed by atoms with Gasteiger partial charge in [0.2, 0.25) is 0 Å². The van der Waals surface area contributed by atoms with E-state index in [1.54, 1.807) is 18.2 Å². The fourth-order valence-electron chi connectivity index (χ4n) is 3.27. The minimum atomic E-state index is -0.183. The van der Waals surface area contributed by atoms with E-state index in [0.29, 0.717) is 5.39 Å². The molecule has 1 heterocycles. The second kappa shape index (κ2) is 4.98. The predicted molar refractivity (Wildman–Crippen MR) is 89.9 cm³/mol. The maximum atomic E-state index is 11.1. The Balaban J connectivity index is 2.00. The number of hydrogen-bond acceptors (Lipinski definition) is 5. The first-order valence-electron chi connectivity index (χ1n) is 7.36. The molecular formula is C18H14N2O3. The van der Waals surface area contributed by atoms with Gasteiger partial charge in [-0.15, -0.1) is 4.91 Å². The number of anilines is 2. The van der Waals surface area contributed by atoms with Crippen molar-refractivity contribution in [3.05, 3.63) is 59.0 Å². The zero-order chi connectivity index (χ0) is 16.0. The number of rotatable bonds is 2. The topological polar surface area (TPSA) is 73.1 Å². The molecule has 2 N–H and O–H groups in total. The number of phenolic OH excluding ortho intramolecular Hbond substituents is 2. The van der Waals surface area contributed by atoms with Crippen molar-refractivity contribution >= 4 is 27.8 Å². The minimum absolute atomic E-state index is 0.0285. The molecule has 1 aliphatic rings. The van der Waals surface area contributed by atoms with Crippen LogP contribution < -0.4 is 4.90 Å². The first kappa shape index (κ1) is 13.6. The summed E-state index contributed by atoms with van der Waals surface area (Å²) in [6.45, 7) is 0.794. The molecule has 0 aliphatic carbocycles. The largest absolute Gasteiger partial charge is 0.508 e. The molecule has 3 aromatic rings. The molecule has 0 bridgehead atoms. The molecule has 0 saturated heterocycles. The van der Waals surface area contributed by atoms with Crippen molar-refractivity contribution < 1.29 is 10.2 Å². The third kappa shape index (κ3) is 2.01. The van der Waals surface area contributed by atoms with Crippen molar-refractivity contribution in [3.63, 3.8) is 0 Å². The van der Waals surface area contributed by atoms with Crippen LogP contribution >= 0.6 is 0 Å². The molecule has 0 aromatic heterocycles. The lowest BCUT2D eigenvalue weighted by atomic mass is 10.0. The van der Waals surface area contributed by atoms with E-state index in [-0.39, 0.29) is 17.2 Å². The normalized spacial score (nSPS) is 13.3. The summed E-state index contributed by atoms with van der Waals surface area (Å²) in [7, 11) is 0. The van der Waals surface area contributed by atoms with E-state index in [4.69, 9.17) is 0 Å². The SMILES string of the molecule is O=Nc1c(O)cc(N2CCc3ccccc32)c2ccc(O)cc12. The average Bonchev–Trinajstić information content (AvgIpc) is 2.98. The summed E-state index contributed by atoms with van der Waals surface area (Å²) in [4.78, 5) is 13.2. The number of phenols is 2. The maximum Gasteiger partial charge on any atom is 0.157 e. The molecule has 0 fully saturated rings. The van der Waals surface area contributed by atoms with Crippen molar-refractivity contribution in [3.8, 4) is 11.5 Å². The van der Waals surface area contributed by atoms with Crippen LogP contribution in [0, 0.1) is 4.91 Å². The summed E-state index contributed by atoms with van der Waals surface area (Å²) in [5.41, 5.74) is 3.09. The van der Waals surface area contributed by atoms with Crippen LogP contribution in [0.5, 0.6) is 11.5 Å². The zero-order valence-electron chi connectivity index (χ0n) is 12.2. The molecule has 0 atom stereocenters. The highest BCUT2D eigenvalue weighted by Gasteiger charge is 2.23. The Hall–Kier alpha value is -3.08. The fourth-order valence-corrected chi connectivity index (χ4v) is 3.27. The van der Waals surface area contributed by atoms with Crippen LogP contribution in [0.15, 0.2) is 53.7 Å². The molecule has 3 aromatic carbocycles. The summed E-state index contributed by atoms with van der Waals surface area (Å²) < 4.78 is 0. The van der Waals surface area contributed by atoms with E-state index in [1.165, 1.54) is 11.6 Å². The van der Waals surface area contributed by atoms with E-state index < -0.39 is 0 Å². The number of hydrogen-bond donors (Lipinski definition) is 2. The number of benzene rings is 3. The van der Waals surface area contributed by atoms with Gasteiger partial charge in [-0.25, -0.2) is 0 Å². The minimum Gasteiger partial charge on any atom is -0.508 e. The van der Waals surface area contributed by atoms with Gasteiger partial charge in [0, 0.05) is 29.1 Å². The average molecular weight is 306 g/mol. The molecule has 0 unspecified atom stereocenters. The highest BCUT2D eigenvalue weighted by Crippen LogP contribution is 2.45. The van der Waals surface area contributed by atoms with Crippen molar-refractivity contribution in [1.29, 1.82) is 0 Å². The molecule has 114 valence electrons. The van der Waals surface area contributed by atoms with Crippen LogP contribution in [0.2, 0.25) is 0 Å². The fraction of sp³-hybridized carbons (Fsp3) is 0.111. The van der Waals surface area contributed by atoms with Gasteiger partial charge >= 0.3 is 0 Å². The van der Waals surface area contributed by atoms with Crippen LogP contribution in [-0.4, -0.2) is 16.8 Å². The second-order valence-electron chi connectivity index (χ2n) is 5.61. The number of fused-ring (bicyclic) bond motifs is 2. The summed E-state index contributed by atoms with van der Waals surface area (Å²) >= 11 is 0. The van der Waals surface area contributed by atoms with E-state index in [0.717, 1.165) is 29.7 Å². The molecule has 0 saturated carbocycles. The quantitative estimate of drug-likeness (QED) is 0.691. The molecule has 5 heteroatoms. The Morgan fingerprint density at radius 3 is 2.61 bits per heavy atom. The van der Waals surface area contributed by atoms with E-state index in [2.05, 4.69) is 16.1 Å². The number of aromatic hydroxyl groups is 2. The van der Waals surface area contributed by atoms with Gasteiger partial charge in [0.25, 0.3) is 0 Å². The van der Waals surface area contributed by atoms with Crippen molar-refractivity contribution in [2.24, 2.45) is 5.18 Å². The Bertz CT molecular complexity index is 937. The van der Waals surface area contributed by atoms with Crippen LogP contribution in [0.1, 0.15) is 5.56 Å². The third-order valence-electron chi connectivity index (χ3n) is 4.32. The predicted octanol–water partition coefficient (Wildman–Crippen LogP) is 4.34. The molecular weight excluding hydrogens is 292 g/mol. The van der Waals surface area contributed by atoms with Gasteiger partial charge in [0.05, 0.1) is 5.69 Å². The lowest BCUT2D eigenvalue weighted by Gasteiger charge is -2.22. The first-order valence-corrected chi connectivity index (χ1v) is 7.36. The molecule has 23 heavy (non-hydrogen) atoms. The Kier molecular flexibility index (Phi) is 2.94. The van der Waals surface area contributed by atoms with Gasteiger partial charge in [-0.3, -0.25) is 0 Å². The lowest BCUT2D eigenvalue weighted by Crippen LogP contribution is -2.13. The molecule has 0 radical (unpaired) electrons. The zero-order valence-corrected chi connectivity index (χ0v) is 12.2. The molecule has 4 rings (SSSR count). The van der Waals surface area contributed by atoms with Crippen LogP contribution in [0.4, 0.5) is 17.1 Å². The summed E-state index contributed by atoms with van der Waals surface area (Å²) in [5.74, 6) is -0.154. The lowest BCUT2D eigenvalue weighted by molar-refractivity contribution is 0.475. The van der Waals surface area contributed by atoms with E-state index in [1.807, 2.05) is 18.2 Å². The van der Waals surface area contributed by atoms with Gasteiger partial charge in [-0.2, -0.15) is 0 Å². The summed E-state index contributed by atoms with van der Waals surface area (Å²) in [6, 6.07) is 14.5. The van der Waals surface area contributed by atoms with Gasteiger partial charge in [-0.05, 0) is 41.4 Å². The van der Waals surface area contributed by atoms with Gasteiger partial charge in [0.1, 0.15) is 11.5 Å². The monoisotopic (exact) mass is 306 g/mol. The maximum absolute atomic E-state index is 11.1. The van der Waals surface area contributed by atoms with Crippen LogP contribution in [-0.2, 0) is 6.42 Å². The number of nitroso groups, excluding NO2 is 1. The highest BCUT2D eigenvalue weighted by molar-refractivity contribution is 6.05. The van der Waals surface area contributed by atoms with Gasteiger partial charge in [-0.1, -0.05) is 18.2 Å². The van der Waals surface area contributed by atoms with Gasteiger partial charge < -0.3 is 15.1 Å². The smallest absolute Gasteiger partial charge is 0.157 e. The number of para-hydroxylation sites is 1. The summed E-state index contributed by atoms with van der Waals surface area (Å²) in [5, 5.41) is 24.0. The molecule has 1 aliphatic heterocycles. The van der Waals surface area contributed by atoms with Crippen LogP contribution in [0.3, 0.4) is 0 Å².